The maximum Gasteiger partial charge on any atom is 0.0470 e. The zero-order valence-electron chi connectivity index (χ0n) is 13.6. The zero-order chi connectivity index (χ0) is 15.4. The van der Waals surface area contributed by atoms with Crippen LogP contribution in [-0.2, 0) is 0 Å². The van der Waals surface area contributed by atoms with E-state index in [9.17, 15) is 0 Å². The van der Waals surface area contributed by atoms with Gasteiger partial charge in [0.1, 0.15) is 0 Å². The van der Waals surface area contributed by atoms with Gasteiger partial charge in [0, 0.05) is 17.6 Å². The van der Waals surface area contributed by atoms with Crippen LogP contribution in [-0.4, -0.2) is 24.5 Å². The lowest BCUT2D eigenvalue weighted by Gasteiger charge is -2.30. The van der Waals surface area contributed by atoms with Gasteiger partial charge in [0.25, 0.3) is 0 Å². The minimum atomic E-state index is 0.300. The van der Waals surface area contributed by atoms with E-state index in [1.165, 1.54) is 24.8 Å². The number of nitrogens with two attached hydrogens (primary N) is 1. The largest absolute Gasteiger partial charge is 0.329 e. The summed E-state index contributed by atoms with van der Waals surface area (Å²) in [4.78, 5) is 2.56. The fourth-order valence-corrected chi connectivity index (χ4v) is 3.62. The first-order valence-corrected chi connectivity index (χ1v) is 8.61. The fourth-order valence-electron chi connectivity index (χ4n) is 3.44. The number of rotatable bonds is 4. The molecule has 0 saturated carbocycles. The van der Waals surface area contributed by atoms with Crippen molar-refractivity contribution in [3.8, 4) is 0 Å². The van der Waals surface area contributed by atoms with Crippen molar-refractivity contribution in [3.63, 3.8) is 0 Å². The second-order valence-corrected chi connectivity index (χ2v) is 7.14. The third-order valence-corrected chi connectivity index (χ3v) is 5.40. The average molecular weight is 309 g/mol. The van der Waals surface area contributed by atoms with Crippen LogP contribution in [0.3, 0.4) is 0 Å². The monoisotopic (exact) mass is 308 g/mol. The predicted molar refractivity (Wildman–Crippen MR) is 91.7 cm³/mol. The van der Waals surface area contributed by atoms with E-state index in [0.29, 0.717) is 12.6 Å². The molecule has 2 unspecified atom stereocenters. The molecular formula is C18H29ClN2. The van der Waals surface area contributed by atoms with E-state index in [1.54, 1.807) is 0 Å². The maximum atomic E-state index is 6.29. The molecule has 0 aliphatic carbocycles. The normalized spacial score (nSPS) is 22.3. The Morgan fingerprint density at radius 2 is 2.05 bits per heavy atom. The highest BCUT2D eigenvalue weighted by atomic mass is 35.5. The number of hydrogen-bond acceptors (Lipinski definition) is 2. The lowest BCUT2D eigenvalue weighted by Crippen LogP contribution is -2.34. The Balaban J connectivity index is 2.11. The standard InChI is InChI=1S/C18H29ClN2/c1-13(2)15-5-4-9-21(10-8-15)18(12-20)16-7-6-14(3)17(19)11-16/h6-7,11,13,15,18H,4-5,8-10,12,20H2,1-3H3. The van der Waals surface area contributed by atoms with E-state index in [-0.39, 0.29) is 0 Å². The SMILES string of the molecule is Cc1ccc(C(CN)N2CCCC(C(C)C)CC2)cc1Cl. The molecule has 1 aromatic carbocycles. The van der Waals surface area contributed by atoms with Crippen LogP contribution in [0.2, 0.25) is 5.02 Å². The lowest BCUT2D eigenvalue weighted by atomic mass is 9.89. The Morgan fingerprint density at radius 3 is 2.67 bits per heavy atom. The van der Waals surface area contributed by atoms with E-state index in [2.05, 4.69) is 36.9 Å². The van der Waals surface area contributed by atoms with E-state index in [4.69, 9.17) is 17.3 Å². The molecule has 3 heteroatoms. The van der Waals surface area contributed by atoms with Crippen molar-refractivity contribution in [1.82, 2.24) is 4.90 Å². The Labute approximate surface area is 134 Å². The van der Waals surface area contributed by atoms with Crippen molar-refractivity contribution >= 4 is 11.6 Å². The molecule has 1 aliphatic rings. The minimum Gasteiger partial charge on any atom is -0.329 e. The van der Waals surface area contributed by atoms with Crippen LogP contribution in [0.5, 0.6) is 0 Å². The molecule has 118 valence electrons. The summed E-state index contributed by atoms with van der Waals surface area (Å²) in [5.41, 5.74) is 8.48. The van der Waals surface area contributed by atoms with Gasteiger partial charge in [0.15, 0.2) is 0 Å². The van der Waals surface area contributed by atoms with Gasteiger partial charge in [-0.2, -0.15) is 0 Å². The Morgan fingerprint density at radius 1 is 1.29 bits per heavy atom. The van der Waals surface area contributed by atoms with Crippen LogP contribution in [0.15, 0.2) is 18.2 Å². The average Bonchev–Trinajstić information content (AvgIpc) is 2.70. The number of halogens is 1. The van der Waals surface area contributed by atoms with Crippen molar-refractivity contribution in [2.45, 2.75) is 46.1 Å². The number of hydrogen-bond donors (Lipinski definition) is 1. The summed E-state index contributed by atoms with van der Waals surface area (Å²) in [5, 5.41) is 0.848. The van der Waals surface area contributed by atoms with E-state index in [1.807, 2.05) is 6.92 Å². The zero-order valence-corrected chi connectivity index (χ0v) is 14.4. The van der Waals surface area contributed by atoms with Gasteiger partial charge in [-0.1, -0.05) is 37.6 Å². The molecule has 0 aromatic heterocycles. The molecule has 21 heavy (non-hydrogen) atoms. The molecule has 0 radical (unpaired) electrons. The Bertz CT molecular complexity index is 459. The van der Waals surface area contributed by atoms with E-state index >= 15 is 0 Å². The summed E-state index contributed by atoms with van der Waals surface area (Å²) in [6.07, 6.45) is 3.91. The number of benzene rings is 1. The first-order valence-electron chi connectivity index (χ1n) is 8.23. The van der Waals surface area contributed by atoms with Crippen LogP contribution < -0.4 is 5.73 Å². The van der Waals surface area contributed by atoms with Crippen LogP contribution >= 0.6 is 11.6 Å². The van der Waals surface area contributed by atoms with Gasteiger partial charge < -0.3 is 5.73 Å². The lowest BCUT2D eigenvalue weighted by molar-refractivity contribution is 0.204. The van der Waals surface area contributed by atoms with Gasteiger partial charge in [-0.3, -0.25) is 4.90 Å². The summed E-state index contributed by atoms with van der Waals surface area (Å²) in [6, 6.07) is 6.69. The molecule has 2 N–H and O–H groups in total. The van der Waals surface area contributed by atoms with Crippen LogP contribution in [0.1, 0.15) is 50.3 Å². The van der Waals surface area contributed by atoms with Gasteiger partial charge in [-0.15, -0.1) is 0 Å². The summed E-state index contributed by atoms with van der Waals surface area (Å²) >= 11 is 6.29. The molecule has 2 nitrogen and oxygen atoms in total. The Hall–Kier alpha value is -0.570. The van der Waals surface area contributed by atoms with Gasteiger partial charge in [0.2, 0.25) is 0 Å². The topological polar surface area (TPSA) is 29.3 Å². The predicted octanol–water partition coefficient (Wildman–Crippen LogP) is 4.41. The summed E-state index contributed by atoms with van der Waals surface area (Å²) in [7, 11) is 0. The molecule has 1 saturated heterocycles. The second kappa shape index (κ2) is 7.62. The van der Waals surface area contributed by atoms with Crippen LogP contribution in [0.25, 0.3) is 0 Å². The van der Waals surface area contributed by atoms with E-state index in [0.717, 1.165) is 35.5 Å². The molecule has 1 aliphatic heterocycles. The molecule has 0 amide bonds. The van der Waals surface area contributed by atoms with Crippen molar-refractivity contribution in [3.05, 3.63) is 34.3 Å². The highest BCUT2D eigenvalue weighted by Gasteiger charge is 2.24. The number of aryl methyl sites for hydroxylation is 1. The van der Waals surface area contributed by atoms with Crippen molar-refractivity contribution in [2.24, 2.45) is 17.6 Å². The van der Waals surface area contributed by atoms with Crippen LogP contribution in [0, 0.1) is 18.8 Å². The molecule has 1 aromatic rings. The first-order chi connectivity index (χ1) is 10.0. The van der Waals surface area contributed by atoms with Gasteiger partial charge >= 0.3 is 0 Å². The van der Waals surface area contributed by atoms with Crippen molar-refractivity contribution in [2.75, 3.05) is 19.6 Å². The second-order valence-electron chi connectivity index (χ2n) is 6.73. The summed E-state index contributed by atoms with van der Waals surface area (Å²) < 4.78 is 0. The smallest absolute Gasteiger partial charge is 0.0470 e. The Kier molecular flexibility index (Phi) is 6.09. The highest BCUT2D eigenvalue weighted by Crippen LogP contribution is 2.30. The molecule has 2 atom stereocenters. The molecule has 2 rings (SSSR count). The van der Waals surface area contributed by atoms with Crippen molar-refractivity contribution in [1.29, 1.82) is 0 Å². The number of likely N-dealkylation sites (tertiary alicyclic amines) is 1. The third kappa shape index (κ3) is 4.21. The minimum absolute atomic E-state index is 0.300. The molecule has 1 fully saturated rings. The molecular weight excluding hydrogens is 280 g/mol. The molecule has 1 heterocycles. The fraction of sp³-hybridized carbons (Fsp3) is 0.667. The summed E-state index contributed by atoms with van der Waals surface area (Å²) in [5.74, 6) is 1.64. The van der Waals surface area contributed by atoms with Gasteiger partial charge in [-0.05, 0) is 68.3 Å². The quantitative estimate of drug-likeness (QED) is 0.893. The molecule has 0 bridgehead atoms. The third-order valence-electron chi connectivity index (χ3n) is 4.99. The highest BCUT2D eigenvalue weighted by molar-refractivity contribution is 6.31. The van der Waals surface area contributed by atoms with Gasteiger partial charge in [0.05, 0.1) is 0 Å². The van der Waals surface area contributed by atoms with Gasteiger partial charge in [-0.25, -0.2) is 0 Å². The van der Waals surface area contributed by atoms with Crippen LogP contribution in [0.4, 0.5) is 0 Å². The van der Waals surface area contributed by atoms with Crippen molar-refractivity contribution < 1.29 is 0 Å². The molecule has 0 spiro atoms. The first kappa shape index (κ1) is 16.8. The van der Waals surface area contributed by atoms with E-state index < -0.39 is 0 Å². The number of nitrogens with zero attached hydrogens (tertiary/aromatic N) is 1. The summed E-state index contributed by atoms with van der Waals surface area (Å²) in [6.45, 7) is 9.70. The maximum absolute atomic E-state index is 6.29.